The summed E-state index contributed by atoms with van der Waals surface area (Å²) in [4.78, 5) is 28.1. The zero-order valence-corrected chi connectivity index (χ0v) is 13.1. The van der Waals surface area contributed by atoms with Crippen LogP contribution in [0.25, 0.3) is 0 Å². The van der Waals surface area contributed by atoms with Crippen LogP contribution in [0.1, 0.15) is 20.9 Å². The molecule has 0 saturated heterocycles. The van der Waals surface area contributed by atoms with E-state index in [1.54, 1.807) is 42.6 Å². The quantitative estimate of drug-likeness (QED) is 0.755. The molecule has 0 atom stereocenters. The number of nitrogens with one attached hydrogen (secondary N) is 2. The number of nitrogens with zero attached hydrogens (tertiary/aromatic N) is 1. The van der Waals surface area contributed by atoms with Crippen molar-refractivity contribution in [3.05, 3.63) is 77.5 Å². The van der Waals surface area contributed by atoms with Gasteiger partial charge in [0, 0.05) is 18.1 Å². The van der Waals surface area contributed by atoms with Crippen LogP contribution >= 0.6 is 11.6 Å². The number of carbonyl (C=O) groups excluding carboxylic acids is 2. The standard InChI is InChI=1S/C17H12ClN3O3/c18-13-6-5-12(20-16(22)11-3-1-7-19-10-11)9-14(13)21-17(23)15-4-2-8-24-15/h1-10H,(H,20,22)(H,21,23). The van der Waals surface area contributed by atoms with E-state index in [1.165, 1.54) is 18.5 Å². The Kier molecular flexibility index (Phi) is 4.58. The lowest BCUT2D eigenvalue weighted by Crippen LogP contribution is -2.14. The molecule has 1 aromatic carbocycles. The number of halogens is 1. The molecule has 2 heterocycles. The van der Waals surface area contributed by atoms with Gasteiger partial charge in [0.25, 0.3) is 11.8 Å². The lowest BCUT2D eigenvalue weighted by Gasteiger charge is -2.10. The van der Waals surface area contributed by atoms with Gasteiger partial charge in [-0.2, -0.15) is 0 Å². The largest absolute Gasteiger partial charge is 0.459 e. The van der Waals surface area contributed by atoms with Crippen LogP contribution < -0.4 is 10.6 Å². The first kappa shape index (κ1) is 15.8. The average molecular weight is 342 g/mol. The van der Waals surface area contributed by atoms with E-state index in [-0.39, 0.29) is 11.7 Å². The maximum atomic E-state index is 12.1. The van der Waals surface area contributed by atoms with Crippen LogP contribution in [0, 0.1) is 0 Å². The summed E-state index contributed by atoms with van der Waals surface area (Å²) in [6.45, 7) is 0. The Labute approximate surface area is 142 Å². The fourth-order valence-electron chi connectivity index (χ4n) is 1.99. The number of anilines is 2. The fourth-order valence-corrected chi connectivity index (χ4v) is 2.16. The van der Waals surface area contributed by atoms with Crippen molar-refractivity contribution in [1.29, 1.82) is 0 Å². The lowest BCUT2D eigenvalue weighted by molar-refractivity contribution is 0.0995. The summed E-state index contributed by atoms with van der Waals surface area (Å²) in [7, 11) is 0. The van der Waals surface area contributed by atoms with Crippen LogP contribution in [0.4, 0.5) is 11.4 Å². The second-order valence-corrected chi connectivity index (χ2v) is 5.23. The van der Waals surface area contributed by atoms with E-state index in [1.807, 2.05) is 0 Å². The summed E-state index contributed by atoms with van der Waals surface area (Å²) < 4.78 is 5.03. The number of hydrogen-bond donors (Lipinski definition) is 2. The van der Waals surface area contributed by atoms with Crippen LogP contribution in [0.2, 0.25) is 5.02 Å². The molecular formula is C17H12ClN3O3. The number of aromatic nitrogens is 1. The molecule has 0 fully saturated rings. The Balaban J connectivity index is 1.76. The van der Waals surface area contributed by atoms with E-state index in [0.29, 0.717) is 22.0 Å². The molecule has 3 aromatic rings. The fraction of sp³-hybridized carbons (Fsp3) is 0. The SMILES string of the molecule is O=C(Nc1ccc(Cl)c(NC(=O)c2ccco2)c1)c1cccnc1. The van der Waals surface area contributed by atoms with Gasteiger partial charge in [0.1, 0.15) is 0 Å². The summed E-state index contributed by atoms with van der Waals surface area (Å²) in [5, 5.41) is 5.70. The van der Waals surface area contributed by atoms with Gasteiger partial charge < -0.3 is 15.1 Å². The molecule has 0 saturated carbocycles. The molecule has 0 bridgehead atoms. The van der Waals surface area contributed by atoms with Gasteiger partial charge in [-0.1, -0.05) is 11.6 Å². The second kappa shape index (κ2) is 6.97. The summed E-state index contributed by atoms with van der Waals surface area (Å²) in [5.74, 6) is -0.581. The molecule has 7 heteroatoms. The van der Waals surface area contributed by atoms with Crippen molar-refractivity contribution in [3.8, 4) is 0 Å². The highest BCUT2D eigenvalue weighted by atomic mass is 35.5. The monoisotopic (exact) mass is 341 g/mol. The summed E-state index contributed by atoms with van der Waals surface area (Å²) in [6.07, 6.45) is 4.45. The van der Waals surface area contributed by atoms with Gasteiger partial charge >= 0.3 is 0 Å². The molecule has 24 heavy (non-hydrogen) atoms. The third-order valence-electron chi connectivity index (χ3n) is 3.14. The van der Waals surface area contributed by atoms with E-state index >= 15 is 0 Å². The van der Waals surface area contributed by atoms with Gasteiger partial charge in [-0.25, -0.2) is 0 Å². The van der Waals surface area contributed by atoms with Crippen molar-refractivity contribution in [2.75, 3.05) is 10.6 Å². The smallest absolute Gasteiger partial charge is 0.291 e. The molecule has 0 aliphatic heterocycles. The van der Waals surface area contributed by atoms with Crippen LogP contribution in [0.15, 0.2) is 65.5 Å². The number of carbonyl (C=O) groups is 2. The van der Waals surface area contributed by atoms with E-state index in [2.05, 4.69) is 15.6 Å². The number of benzene rings is 1. The summed E-state index contributed by atoms with van der Waals surface area (Å²) in [5.41, 5.74) is 1.28. The van der Waals surface area contributed by atoms with Gasteiger partial charge in [-0.3, -0.25) is 14.6 Å². The Morgan fingerprint density at radius 3 is 2.62 bits per heavy atom. The van der Waals surface area contributed by atoms with Crippen LogP contribution in [0.5, 0.6) is 0 Å². The first-order valence-electron chi connectivity index (χ1n) is 6.99. The third kappa shape index (κ3) is 3.61. The highest BCUT2D eigenvalue weighted by molar-refractivity contribution is 6.34. The molecule has 2 N–H and O–H groups in total. The van der Waals surface area contributed by atoms with Crippen LogP contribution in [-0.2, 0) is 0 Å². The minimum absolute atomic E-state index is 0.163. The number of pyridine rings is 1. The molecular weight excluding hydrogens is 330 g/mol. The van der Waals surface area contributed by atoms with E-state index in [4.69, 9.17) is 16.0 Å². The molecule has 2 amide bonds. The normalized spacial score (nSPS) is 10.2. The molecule has 120 valence electrons. The molecule has 2 aromatic heterocycles. The highest BCUT2D eigenvalue weighted by Crippen LogP contribution is 2.26. The zero-order valence-electron chi connectivity index (χ0n) is 12.3. The molecule has 0 radical (unpaired) electrons. The minimum atomic E-state index is -0.433. The Bertz CT molecular complexity index is 864. The Morgan fingerprint density at radius 2 is 1.92 bits per heavy atom. The van der Waals surface area contributed by atoms with Gasteiger partial charge in [0.05, 0.1) is 22.5 Å². The van der Waals surface area contributed by atoms with E-state index in [9.17, 15) is 9.59 Å². The maximum absolute atomic E-state index is 12.1. The van der Waals surface area contributed by atoms with E-state index < -0.39 is 5.91 Å². The minimum Gasteiger partial charge on any atom is -0.459 e. The molecule has 6 nitrogen and oxygen atoms in total. The van der Waals surface area contributed by atoms with Crippen molar-refractivity contribution >= 4 is 34.8 Å². The Hall–Kier alpha value is -3.12. The second-order valence-electron chi connectivity index (χ2n) is 4.82. The van der Waals surface area contributed by atoms with Gasteiger partial charge in [0.2, 0.25) is 0 Å². The van der Waals surface area contributed by atoms with Gasteiger partial charge in [-0.15, -0.1) is 0 Å². The molecule has 0 aliphatic carbocycles. The summed E-state index contributed by atoms with van der Waals surface area (Å²) in [6, 6.07) is 11.3. The van der Waals surface area contributed by atoms with E-state index in [0.717, 1.165) is 0 Å². The molecule has 0 unspecified atom stereocenters. The lowest BCUT2D eigenvalue weighted by atomic mass is 10.2. The number of amides is 2. The summed E-state index contributed by atoms with van der Waals surface area (Å²) >= 11 is 6.09. The first-order chi connectivity index (χ1) is 11.6. The predicted molar refractivity (Wildman–Crippen MR) is 90.3 cm³/mol. The highest BCUT2D eigenvalue weighted by Gasteiger charge is 2.12. The number of hydrogen-bond acceptors (Lipinski definition) is 4. The van der Waals surface area contributed by atoms with Gasteiger partial charge in [0.15, 0.2) is 5.76 Å². The Morgan fingerprint density at radius 1 is 1.04 bits per heavy atom. The predicted octanol–water partition coefficient (Wildman–Crippen LogP) is 3.83. The first-order valence-corrected chi connectivity index (χ1v) is 7.37. The number of rotatable bonds is 4. The van der Waals surface area contributed by atoms with Gasteiger partial charge in [-0.05, 0) is 42.5 Å². The van der Waals surface area contributed by atoms with Crippen LogP contribution in [0.3, 0.4) is 0 Å². The zero-order chi connectivity index (χ0) is 16.9. The average Bonchev–Trinajstić information content (AvgIpc) is 3.13. The molecule has 0 aliphatic rings. The van der Waals surface area contributed by atoms with Crippen LogP contribution in [-0.4, -0.2) is 16.8 Å². The van der Waals surface area contributed by atoms with Crippen molar-refractivity contribution in [2.24, 2.45) is 0 Å². The van der Waals surface area contributed by atoms with Crippen molar-refractivity contribution < 1.29 is 14.0 Å². The topological polar surface area (TPSA) is 84.2 Å². The molecule has 3 rings (SSSR count). The molecule has 0 spiro atoms. The maximum Gasteiger partial charge on any atom is 0.291 e. The van der Waals surface area contributed by atoms with Crippen molar-refractivity contribution in [3.63, 3.8) is 0 Å². The van der Waals surface area contributed by atoms with Crippen molar-refractivity contribution in [1.82, 2.24) is 4.98 Å². The third-order valence-corrected chi connectivity index (χ3v) is 3.47. The number of furan rings is 1. The van der Waals surface area contributed by atoms with Crippen molar-refractivity contribution in [2.45, 2.75) is 0 Å².